The smallest absolute Gasteiger partial charge is 0.0771 e. The summed E-state index contributed by atoms with van der Waals surface area (Å²) in [5.74, 6) is 0. The molecule has 0 aliphatic carbocycles. The molecule has 0 atom stereocenters. The van der Waals surface area contributed by atoms with Crippen molar-refractivity contribution in [1.29, 1.82) is 0 Å². The Bertz CT molecular complexity index is 1040. The van der Waals surface area contributed by atoms with Gasteiger partial charge in [-0.25, -0.2) is 12.1 Å². The SMILES string of the molecule is C[c-]1cccc1.[Cl-].[Cl-].[Zr+2]=[CH]c1ccccc1.c1ccc2c(c1)[cH-]c1ccccc12. The van der Waals surface area contributed by atoms with Crippen molar-refractivity contribution in [3.8, 4) is 0 Å². The second-order valence-corrected chi connectivity index (χ2v) is 7.05. The van der Waals surface area contributed by atoms with Crippen molar-refractivity contribution in [2.24, 2.45) is 0 Å². The van der Waals surface area contributed by atoms with E-state index in [0.717, 1.165) is 0 Å². The molecule has 0 bridgehead atoms. The zero-order chi connectivity index (χ0) is 18.9. The molecule has 0 aliphatic heterocycles. The number of hydrogen-bond acceptors (Lipinski definition) is 0. The number of rotatable bonds is 1. The Morgan fingerprint density at radius 2 is 1.10 bits per heavy atom. The predicted octanol–water partition coefficient (Wildman–Crippen LogP) is 0.818. The third kappa shape index (κ3) is 7.52. The molecule has 0 radical (unpaired) electrons. The molecule has 0 aromatic heterocycles. The molecule has 29 heavy (non-hydrogen) atoms. The number of halogens is 2. The van der Waals surface area contributed by atoms with Gasteiger partial charge in [0.25, 0.3) is 0 Å². The van der Waals surface area contributed by atoms with Crippen molar-refractivity contribution < 1.29 is 49.0 Å². The predicted molar refractivity (Wildman–Crippen MR) is 115 cm³/mol. The molecule has 0 amide bonds. The van der Waals surface area contributed by atoms with E-state index in [1.165, 1.54) is 56.9 Å². The van der Waals surface area contributed by atoms with Crippen LogP contribution < -0.4 is 24.8 Å². The molecule has 5 rings (SSSR count). The first-order chi connectivity index (χ1) is 13.3. The van der Waals surface area contributed by atoms with Crippen LogP contribution in [-0.2, 0) is 24.2 Å². The summed E-state index contributed by atoms with van der Waals surface area (Å²) in [7, 11) is 0. The van der Waals surface area contributed by atoms with Crippen molar-refractivity contribution in [2.75, 3.05) is 0 Å². The topological polar surface area (TPSA) is 0 Å². The van der Waals surface area contributed by atoms with Crippen LogP contribution >= 0.6 is 0 Å². The monoisotopic (exact) mass is 494 g/mol. The summed E-state index contributed by atoms with van der Waals surface area (Å²) in [5.41, 5.74) is 2.67. The number of fused-ring (bicyclic) bond motifs is 3. The molecule has 146 valence electrons. The summed E-state index contributed by atoms with van der Waals surface area (Å²) in [4.78, 5) is 0. The summed E-state index contributed by atoms with van der Waals surface area (Å²) in [6.45, 7) is 2.08. The quantitative estimate of drug-likeness (QED) is 0.302. The van der Waals surface area contributed by atoms with E-state index < -0.39 is 0 Å². The molecule has 0 fully saturated rings. The third-order valence-electron chi connectivity index (χ3n) is 4.32. The first kappa shape index (κ1) is 25.2. The Kier molecular flexibility index (Phi) is 11.7. The fraction of sp³-hybridized carbons (Fsp3) is 0.0385. The van der Waals surface area contributed by atoms with Crippen LogP contribution in [0.4, 0.5) is 0 Å². The first-order valence-electron chi connectivity index (χ1n) is 9.05. The Morgan fingerprint density at radius 1 is 0.655 bits per heavy atom. The molecule has 0 heterocycles. The summed E-state index contributed by atoms with van der Waals surface area (Å²) >= 11 is 1.46. The molecule has 0 saturated heterocycles. The fourth-order valence-electron chi connectivity index (χ4n) is 2.92. The van der Waals surface area contributed by atoms with Crippen LogP contribution in [0.15, 0.2) is 109 Å². The standard InChI is InChI=1S/C13H9.C7H6.C6H7.2ClH.Zr/c1-3-7-12-10(5-1)9-11-6-2-4-8-13(11)12;1-7-5-3-2-4-6-7;1-6-4-2-3-5-6;;;/h1-9H;1-6H;2-5H,1H3;2*1H;/q-1;;-1;;;+2/p-2. The van der Waals surface area contributed by atoms with E-state index in [1.807, 2.05) is 18.2 Å². The second kappa shape index (κ2) is 13.4. The van der Waals surface area contributed by atoms with Gasteiger partial charge in [0.1, 0.15) is 0 Å². The van der Waals surface area contributed by atoms with Gasteiger partial charge in [-0.1, -0.05) is 43.3 Å². The van der Waals surface area contributed by atoms with E-state index in [9.17, 15) is 0 Å². The summed E-state index contributed by atoms with van der Waals surface area (Å²) in [6, 6.07) is 37.9. The Hall–Kier alpha value is -1.79. The van der Waals surface area contributed by atoms with Crippen molar-refractivity contribution in [3.63, 3.8) is 0 Å². The van der Waals surface area contributed by atoms with E-state index in [-0.39, 0.29) is 24.8 Å². The van der Waals surface area contributed by atoms with E-state index in [4.69, 9.17) is 0 Å². The number of hydrogen-bond donors (Lipinski definition) is 0. The Labute approximate surface area is 200 Å². The molecule has 0 nitrogen and oxygen atoms in total. The van der Waals surface area contributed by atoms with Gasteiger partial charge in [0.15, 0.2) is 0 Å². The average Bonchev–Trinajstić information content (AvgIpc) is 3.36. The van der Waals surface area contributed by atoms with Crippen LogP contribution in [0.1, 0.15) is 11.1 Å². The average molecular weight is 497 g/mol. The minimum absolute atomic E-state index is 0. The minimum Gasteiger partial charge on any atom is -0.126 e. The van der Waals surface area contributed by atoms with E-state index >= 15 is 0 Å². The zero-order valence-electron chi connectivity index (χ0n) is 16.2. The van der Waals surface area contributed by atoms with Gasteiger partial charge in [0.2, 0.25) is 0 Å². The normalized spacial score (nSPS) is 9.21. The van der Waals surface area contributed by atoms with Gasteiger partial charge in [-0.3, -0.25) is 0 Å². The van der Waals surface area contributed by atoms with E-state index in [2.05, 4.69) is 102 Å². The van der Waals surface area contributed by atoms with Crippen LogP contribution in [0, 0.1) is 6.92 Å². The van der Waals surface area contributed by atoms with Crippen molar-refractivity contribution in [1.82, 2.24) is 0 Å². The maximum absolute atomic E-state index is 2.24. The van der Waals surface area contributed by atoms with Gasteiger partial charge >= 0.3 is 63.8 Å². The molecule has 0 aliphatic rings. The van der Waals surface area contributed by atoms with Crippen molar-refractivity contribution >= 4 is 25.3 Å². The molecule has 5 aromatic rings. The van der Waals surface area contributed by atoms with Gasteiger partial charge in [-0.05, 0) is 0 Å². The number of benzene rings is 3. The number of aryl methyl sites for hydroxylation is 1. The van der Waals surface area contributed by atoms with Crippen LogP contribution in [0.5, 0.6) is 0 Å². The zero-order valence-corrected chi connectivity index (χ0v) is 20.2. The molecule has 0 spiro atoms. The molecular weight excluding hydrogens is 474 g/mol. The third-order valence-corrected chi connectivity index (χ3v) is 5.14. The summed E-state index contributed by atoms with van der Waals surface area (Å²) in [5, 5.41) is 5.39. The minimum atomic E-state index is 0. The van der Waals surface area contributed by atoms with Gasteiger partial charge in [0.05, 0.1) is 0 Å². The van der Waals surface area contributed by atoms with Gasteiger partial charge in [0, 0.05) is 0 Å². The van der Waals surface area contributed by atoms with E-state index in [1.54, 1.807) is 0 Å². The van der Waals surface area contributed by atoms with E-state index in [0.29, 0.717) is 0 Å². The van der Waals surface area contributed by atoms with Crippen molar-refractivity contribution in [3.05, 3.63) is 120 Å². The molecule has 3 heteroatoms. The Morgan fingerprint density at radius 3 is 1.48 bits per heavy atom. The molecule has 5 aromatic carbocycles. The first-order valence-corrected chi connectivity index (χ1v) is 10.5. The van der Waals surface area contributed by atoms with Crippen LogP contribution in [0.2, 0.25) is 0 Å². The summed E-state index contributed by atoms with van der Waals surface area (Å²) < 4.78 is 2.17. The maximum Gasteiger partial charge on any atom is -0.0771 e. The molecular formula is C26H22Cl2Zr-2. The Balaban J connectivity index is 0.000000229. The second-order valence-electron chi connectivity index (χ2n) is 6.34. The van der Waals surface area contributed by atoms with Crippen molar-refractivity contribution in [2.45, 2.75) is 6.92 Å². The van der Waals surface area contributed by atoms with Gasteiger partial charge in [-0.2, -0.15) is 17.7 Å². The molecule has 0 saturated carbocycles. The largest absolute Gasteiger partial charge is 0.126 e. The van der Waals surface area contributed by atoms with Crippen LogP contribution in [-0.4, -0.2) is 3.71 Å². The fourth-order valence-corrected chi connectivity index (χ4v) is 3.40. The van der Waals surface area contributed by atoms with Crippen LogP contribution in [0.25, 0.3) is 21.5 Å². The van der Waals surface area contributed by atoms with Gasteiger partial charge in [-0.15, -0.1) is 39.7 Å². The molecule has 0 N–H and O–H groups in total. The molecule has 0 unspecified atom stereocenters. The van der Waals surface area contributed by atoms with Gasteiger partial charge < -0.3 is 24.8 Å². The summed E-state index contributed by atoms with van der Waals surface area (Å²) in [6.07, 6.45) is 0. The maximum atomic E-state index is 2.24. The van der Waals surface area contributed by atoms with Crippen LogP contribution in [0.3, 0.4) is 0 Å².